The summed E-state index contributed by atoms with van der Waals surface area (Å²) in [5, 5.41) is 28.1. The van der Waals surface area contributed by atoms with Crippen LogP contribution in [-0.4, -0.2) is 30.0 Å². The molecule has 19 heavy (non-hydrogen) atoms. The molecule has 0 aliphatic carbocycles. The van der Waals surface area contributed by atoms with Crippen molar-refractivity contribution in [1.82, 2.24) is 20.2 Å². The highest BCUT2D eigenvalue weighted by molar-refractivity contribution is 7.99. The van der Waals surface area contributed by atoms with E-state index in [0.717, 1.165) is 24.0 Å². The smallest absolute Gasteiger partial charge is 0.262 e. The summed E-state index contributed by atoms with van der Waals surface area (Å²) < 4.78 is 0. The largest absolute Gasteiger partial charge is 0.308 e. The van der Waals surface area contributed by atoms with Gasteiger partial charge in [0.25, 0.3) is 5.69 Å². The van der Waals surface area contributed by atoms with Crippen LogP contribution in [0, 0.1) is 27.2 Å². The first-order valence-electron chi connectivity index (χ1n) is 4.83. The second-order valence-electron chi connectivity index (χ2n) is 3.34. The Kier molecular flexibility index (Phi) is 3.37. The highest BCUT2D eigenvalue weighted by Gasteiger charge is 2.22. The van der Waals surface area contributed by atoms with E-state index in [1.54, 1.807) is 6.92 Å². The molecule has 0 saturated carbocycles. The zero-order valence-electron chi connectivity index (χ0n) is 9.43. The second-order valence-corrected chi connectivity index (χ2v) is 4.29. The van der Waals surface area contributed by atoms with Gasteiger partial charge in [-0.25, -0.2) is 9.97 Å². The maximum Gasteiger partial charge on any atom is 0.308 e. The van der Waals surface area contributed by atoms with Crippen LogP contribution in [-0.2, 0) is 0 Å². The normalized spacial score (nSPS) is 10.4. The molecule has 2 heterocycles. The van der Waals surface area contributed by atoms with Crippen LogP contribution in [0.15, 0.2) is 22.4 Å². The maximum absolute atomic E-state index is 10.9. The van der Waals surface area contributed by atoms with Gasteiger partial charge in [-0.3, -0.25) is 25.3 Å². The molecule has 0 aromatic carbocycles. The van der Waals surface area contributed by atoms with Crippen LogP contribution < -0.4 is 0 Å². The molecular weight excluding hydrogens is 276 g/mol. The molecule has 10 nitrogen and oxygen atoms in total. The molecule has 0 bridgehead atoms. The lowest BCUT2D eigenvalue weighted by Crippen LogP contribution is -1.97. The molecule has 11 heteroatoms. The van der Waals surface area contributed by atoms with Gasteiger partial charge in [-0.1, -0.05) is 0 Å². The average Bonchev–Trinajstić information content (AvgIpc) is 2.74. The summed E-state index contributed by atoms with van der Waals surface area (Å²) in [6.07, 6.45) is 0.953. The van der Waals surface area contributed by atoms with Crippen LogP contribution in [0.3, 0.4) is 0 Å². The van der Waals surface area contributed by atoms with Gasteiger partial charge in [-0.15, -0.1) is 5.10 Å². The molecule has 0 unspecified atom stereocenters. The number of aryl methyl sites for hydroxylation is 1. The van der Waals surface area contributed by atoms with Crippen LogP contribution in [0.25, 0.3) is 0 Å². The number of nitrogens with one attached hydrogen (secondary N) is 1. The van der Waals surface area contributed by atoms with Crippen molar-refractivity contribution < 1.29 is 9.85 Å². The van der Waals surface area contributed by atoms with Crippen molar-refractivity contribution in [1.29, 1.82) is 0 Å². The Morgan fingerprint density at radius 3 is 2.58 bits per heavy atom. The summed E-state index contributed by atoms with van der Waals surface area (Å²) in [4.78, 5) is 27.6. The van der Waals surface area contributed by atoms with Crippen molar-refractivity contribution in [2.24, 2.45) is 0 Å². The number of aromatic amines is 1. The van der Waals surface area contributed by atoms with Gasteiger partial charge >= 0.3 is 5.69 Å². The van der Waals surface area contributed by atoms with E-state index in [2.05, 4.69) is 20.2 Å². The van der Waals surface area contributed by atoms with Gasteiger partial charge in [0, 0.05) is 0 Å². The first-order valence-corrected chi connectivity index (χ1v) is 5.64. The third kappa shape index (κ3) is 2.82. The van der Waals surface area contributed by atoms with Crippen molar-refractivity contribution in [2.75, 3.05) is 0 Å². The van der Waals surface area contributed by atoms with Gasteiger partial charge < -0.3 is 0 Å². The SMILES string of the molecule is Cc1nc(Sc2ncc([N+](=O)[O-])cc2[N+](=O)[O-])n[nH]1. The molecule has 2 aromatic heterocycles. The molecule has 98 valence electrons. The molecule has 0 spiro atoms. The van der Waals surface area contributed by atoms with Gasteiger partial charge in [0.05, 0.1) is 15.9 Å². The van der Waals surface area contributed by atoms with Crippen LogP contribution in [0.1, 0.15) is 5.82 Å². The van der Waals surface area contributed by atoms with Crippen LogP contribution >= 0.6 is 11.8 Å². The van der Waals surface area contributed by atoms with Gasteiger partial charge in [0.2, 0.25) is 5.16 Å². The van der Waals surface area contributed by atoms with Gasteiger partial charge in [0.15, 0.2) is 5.03 Å². The van der Waals surface area contributed by atoms with E-state index in [4.69, 9.17) is 0 Å². The molecule has 2 rings (SSSR count). The van der Waals surface area contributed by atoms with E-state index in [9.17, 15) is 20.2 Å². The van der Waals surface area contributed by atoms with Crippen molar-refractivity contribution in [3.8, 4) is 0 Å². The third-order valence-electron chi connectivity index (χ3n) is 1.99. The number of nitrogens with zero attached hydrogens (tertiary/aromatic N) is 5. The van der Waals surface area contributed by atoms with E-state index >= 15 is 0 Å². The standard InChI is InChI=1S/C8H6N6O4S/c1-4-10-8(12-11-4)19-7-6(14(17)18)2-5(3-9-7)13(15)16/h2-3H,1H3,(H,10,11,12). The summed E-state index contributed by atoms with van der Waals surface area (Å²) in [5.41, 5.74) is -0.899. The molecule has 0 saturated heterocycles. The highest BCUT2D eigenvalue weighted by Crippen LogP contribution is 2.33. The minimum absolute atomic E-state index is 0.00500. The number of pyridine rings is 1. The topological polar surface area (TPSA) is 141 Å². The molecule has 0 atom stereocenters. The summed E-state index contributed by atoms with van der Waals surface area (Å²) in [6, 6.07) is 0.856. The van der Waals surface area contributed by atoms with Gasteiger partial charge in [-0.2, -0.15) is 0 Å². The Hall–Kier alpha value is -2.56. The third-order valence-corrected chi connectivity index (χ3v) is 2.86. The number of hydrogen-bond donors (Lipinski definition) is 1. The number of rotatable bonds is 4. The van der Waals surface area contributed by atoms with E-state index in [0.29, 0.717) is 5.82 Å². The predicted octanol–water partition coefficient (Wildman–Crippen LogP) is 1.48. The van der Waals surface area contributed by atoms with Gasteiger partial charge in [-0.05, 0) is 18.7 Å². The van der Waals surface area contributed by atoms with E-state index < -0.39 is 21.2 Å². The lowest BCUT2D eigenvalue weighted by Gasteiger charge is -1.98. The van der Waals surface area contributed by atoms with E-state index in [1.807, 2.05) is 0 Å². The quantitative estimate of drug-likeness (QED) is 0.656. The molecule has 1 N–H and O–H groups in total. The Labute approximate surface area is 109 Å². The molecule has 0 fully saturated rings. The molecule has 0 amide bonds. The zero-order chi connectivity index (χ0) is 14.0. The predicted molar refractivity (Wildman–Crippen MR) is 62.8 cm³/mol. The molecule has 2 aromatic rings. The van der Waals surface area contributed by atoms with E-state index in [1.165, 1.54) is 0 Å². The average molecular weight is 282 g/mol. The summed E-state index contributed by atoms with van der Waals surface area (Å²) in [7, 11) is 0. The summed E-state index contributed by atoms with van der Waals surface area (Å²) >= 11 is 0.855. The Morgan fingerprint density at radius 2 is 2.05 bits per heavy atom. The Morgan fingerprint density at radius 1 is 1.32 bits per heavy atom. The van der Waals surface area contributed by atoms with E-state index in [-0.39, 0.29) is 10.2 Å². The second kappa shape index (κ2) is 4.97. The molecule has 0 aliphatic rings. The van der Waals surface area contributed by atoms with Crippen LogP contribution in [0.2, 0.25) is 0 Å². The lowest BCUT2D eigenvalue weighted by atomic mass is 10.4. The molecule has 0 radical (unpaired) electrons. The number of H-pyrrole nitrogens is 1. The Balaban J connectivity index is 2.39. The minimum atomic E-state index is -0.745. The van der Waals surface area contributed by atoms with Crippen LogP contribution in [0.4, 0.5) is 11.4 Å². The Bertz CT molecular complexity index is 656. The zero-order valence-corrected chi connectivity index (χ0v) is 10.2. The van der Waals surface area contributed by atoms with Crippen molar-refractivity contribution in [3.63, 3.8) is 0 Å². The summed E-state index contributed by atoms with van der Waals surface area (Å²) in [6.45, 7) is 1.68. The fourth-order valence-electron chi connectivity index (χ4n) is 1.19. The summed E-state index contributed by atoms with van der Waals surface area (Å²) in [5.74, 6) is 0.548. The number of nitro groups is 2. The lowest BCUT2D eigenvalue weighted by molar-refractivity contribution is -0.396. The van der Waals surface area contributed by atoms with Crippen molar-refractivity contribution in [2.45, 2.75) is 17.1 Å². The van der Waals surface area contributed by atoms with Crippen molar-refractivity contribution >= 4 is 23.1 Å². The minimum Gasteiger partial charge on any atom is -0.262 e. The molecular formula is C8H6N6O4S. The molecule has 0 aliphatic heterocycles. The maximum atomic E-state index is 10.9. The van der Waals surface area contributed by atoms with Crippen molar-refractivity contribution in [3.05, 3.63) is 38.3 Å². The fourth-order valence-corrected chi connectivity index (χ4v) is 1.98. The first-order chi connectivity index (χ1) is 8.97. The monoisotopic (exact) mass is 282 g/mol. The number of hydrogen-bond acceptors (Lipinski definition) is 8. The fraction of sp³-hybridized carbons (Fsp3) is 0.125. The highest BCUT2D eigenvalue weighted by atomic mass is 32.2. The van der Waals surface area contributed by atoms with Crippen LogP contribution in [0.5, 0.6) is 0 Å². The first kappa shape index (κ1) is 12.9. The van der Waals surface area contributed by atoms with Gasteiger partial charge in [0.1, 0.15) is 12.0 Å². The number of aromatic nitrogens is 4.